The third kappa shape index (κ3) is 6.21. The maximum Gasteiger partial charge on any atom is 0.277 e. The molecule has 0 aliphatic rings. The number of aromatic nitrogens is 1. The van der Waals surface area contributed by atoms with Crippen LogP contribution in [0.4, 0.5) is 21.6 Å². The first-order valence-corrected chi connectivity index (χ1v) is 9.33. The highest BCUT2D eigenvalue weighted by atomic mass is 35.5. The molecule has 30 heavy (non-hydrogen) atoms. The standard InChI is InChI=1S/C19H22ClFN6O3/c1-3-23-16(7-11(22)10-28)26-17-8-15(13(20)9-24-17)25-18-12(19(29)27-30-2)5-4-6-14(18)21/h4-6,8-11H,3,7,22H2,1-2H3,(H,27,29)(H2,23,24,25,26). The summed E-state index contributed by atoms with van der Waals surface area (Å²) in [7, 11) is 1.27. The minimum absolute atomic E-state index is 0.0180. The van der Waals surface area contributed by atoms with Gasteiger partial charge in [0.15, 0.2) is 0 Å². The van der Waals surface area contributed by atoms with E-state index in [9.17, 15) is 14.0 Å². The summed E-state index contributed by atoms with van der Waals surface area (Å²) in [5, 5.41) is 6.00. The lowest BCUT2D eigenvalue weighted by Crippen LogP contribution is -2.28. The van der Waals surface area contributed by atoms with Gasteiger partial charge >= 0.3 is 0 Å². The number of benzene rings is 1. The Labute approximate surface area is 177 Å². The Morgan fingerprint density at radius 2 is 2.23 bits per heavy atom. The highest BCUT2D eigenvalue weighted by Gasteiger charge is 2.17. The zero-order chi connectivity index (χ0) is 22.1. The molecule has 0 saturated heterocycles. The Morgan fingerprint density at radius 1 is 1.47 bits per heavy atom. The van der Waals surface area contributed by atoms with Crippen molar-refractivity contribution in [2.24, 2.45) is 10.7 Å². The summed E-state index contributed by atoms with van der Waals surface area (Å²) in [5.41, 5.74) is 8.04. The van der Waals surface area contributed by atoms with Crippen molar-refractivity contribution in [1.82, 2.24) is 10.5 Å². The smallest absolute Gasteiger partial charge is 0.277 e. The number of amides is 1. The summed E-state index contributed by atoms with van der Waals surface area (Å²) in [6.07, 6.45) is 2.17. The average molecular weight is 437 g/mol. The number of halogens is 2. The highest BCUT2D eigenvalue weighted by Crippen LogP contribution is 2.30. The SMILES string of the molecule is CCN=C(CC(N)C=O)Nc1cc(Nc2c(F)cccc2C(=O)NOC)c(Cl)cn1. The second kappa shape index (κ2) is 11.2. The van der Waals surface area contributed by atoms with Gasteiger partial charge < -0.3 is 21.2 Å². The predicted molar refractivity (Wildman–Crippen MR) is 114 cm³/mol. The number of aldehydes is 1. The summed E-state index contributed by atoms with van der Waals surface area (Å²) in [6, 6.07) is 4.83. The average Bonchev–Trinajstić information content (AvgIpc) is 2.72. The lowest BCUT2D eigenvalue weighted by atomic mass is 10.1. The Hall–Kier alpha value is -3.08. The minimum Gasteiger partial charge on any atom is -0.351 e. The quantitative estimate of drug-likeness (QED) is 0.206. The Bertz CT molecular complexity index is 940. The molecule has 1 aromatic heterocycles. The lowest BCUT2D eigenvalue weighted by Gasteiger charge is -2.15. The van der Waals surface area contributed by atoms with E-state index >= 15 is 0 Å². The number of carbonyl (C=O) groups excluding carboxylic acids is 2. The Morgan fingerprint density at radius 3 is 2.90 bits per heavy atom. The van der Waals surface area contributed by atoms with Gasteiger partial charge in [-0.1, -0.05) is 17.7 Å². The van der Waals surface area contributed by atoms with E-state index in [-0.39, 0.29) is 22.7 Å². The summed E-state index contributed by atoms with van der Waals surface area (Å²) in [4.78, 5) is 36.0. The van der Waals surface area contributed by atoms with Crippen LogP contribution in [0, 0.1) is 5.82 Å². The Balaban J connectivity index is 2.34. The molecule has 0 radical (unpaired) electrons. The van der Waals surface area contributed by atoms with Gasteiger partial charge in [0.2, 0.25) is 0 Å². The summed E-state index contributed by atoms with van der Waals surface area (Å²) in [6.45, 7) is 2.31. The van der Waals surface area contributed by atoms with Gasteiger partial charge in [0.1, 0.15) is 23.8 Å². The van der Waals surface area contributed by atoms with E-state index in [0.29, 0.717) is 30.2 Å². The molecule has 1 unspecified atom stereocenters. The number of nitrogens with two attached hydrogens (primary N) is 1. The summed E-state index contributed by atoms with van der Waals surface area (Å²) >= 11 is 6.20. The summed E-state index contributed by atoms with van der Waals surface area (Å²) < 4.78 is 14.4. The molecule has 1 atom stereocenters. The third-order valence-electron chi connectivity index (χ3n) is 3.79. The van der Waals surface area contributed by atoms with Gasteiger partial charge in [-0.2, -0.15) is 0 Å². The zero-order valence-electron chi connectivity index (χ0n) is 16.4. The van der Waals surface area contributed by atoms with Crippen LogP contribution in [0.1, 0.15) is 23.7 Å². The van der Waals surface area contributed by atoms with E-state index in [0.717, 1.165) is 0 Å². The molecule has 1 heterocycles. The van der Waals surface area contributed by atoms with Crippen LogP contribution < -0.4 is 21.8 Å². The first-order chi connectivity index (χ1) is 14.4. The minimum atomic E-state index is -0.715. The molecular formula is C19H22ClFN6O3. The first kappa shape index (κ1) is 23.2. The molecule has 5 N–H and O–H groups in total. The number of hydrogen-bond acceptors (Lipinski definition) is 7. The van der Waals surface area contributed by atoms with Gasteiger partial charge in [-0.3, -0.25) is 14.6 Å². The zero-order valence-corrected chi connectivity index (χ0v) is 17.2. The molecule has 2 aromatic rings. The number of carbonyl (C=O) groups is 2. The maximum absolute atomic E-state index is 14.4. The van der Waals surface area contributed by atoms with E-state index in [2.05, 4.69) is 30.9 Å². The number of anilines is 3. The van der Waals surface area contributed by atoms with Crippen molar-refractivity contribution in [3.63, 3.8) is 0 Å². The van der Waals surface area contributed by atoms with Crippen LogP contribution >= 0.6 is 11.6 Å². The molecular weight excluding hydrogens is 415 g/mol. The van der Waals surface area contributed by atoms with Crippen molar-refractivity contribution in [1.29, 1.82) is 0 Å². The molecule has 0 bridgehead atoms. The predicted octanol–water partition coefficient (Wildman–Crippen LogP) is 2.66. The molecule has 11 heteroatoms. The number of amidine groups is 1. The van der Waals surface area contributed by atoms with Crippen molar-refractivity contribution in [2.75, 3.05) is 24.3 Å². The van der Waals surface area contributed by atoms with Crippen LogP contribution in [-0.2, 0) is 9.63 Å². The van der Waals surface area contributed by atoms with Gasteiger partial charge in [0.25, 0.3) is 5.91 Å². The van der Waals surface area contributed by atoms with Crippen LogP contribution in [0.3, 0.4) is 0 Å². The fourth-order valence-corrected chi connectivity index (χ4v) is 2.64. The number of nitrogens with one attached hydrogen (secondary N) is 3. The normalized spacial score (nSPS) is 12.2. The van der Waals surface area contributed by atoms with Crippen molar-refractivity contribution in [3.05, 3.63) is 46.9 Å². The molecule has 0 saturated carbocycles. The fourth-order valence-electron chi connectivity index (χ4n) is 2.49. The lowest BCUT2D eigenvalue weighted by molar-refractivity contribution is -0.108. The number of para-hydroxylation sites is 1. The highest BCUT2D eigenvalue weighted by molar-refractivity contribution is 6.33. The van der Waals surface area contributed by atoms with Gasteiger partial charge in [-0.25, -0.2) is 14.9 Å². The molecule has 9 nitrogen and oxygen atoms in total. The van der Waals surface area contributed by atoms with Crippen LogP contribution in [-0.4, -0.2) is 42.7 Å². The number of nitrogens with zero attached hydrogens (tertiary/aromatic N) is 2. The topological polar surface area (TPSA) is 131 Å². The van der Waals surface area contributed by atoms with Crippen molar-refractivity contribution < 1.29 is 18.8 Å². The number of hydroxylamine groups is 1. The van der Waals surface area contributed by atoms with Gasteiger partial charge in [0, 0.05) is 19.0 Å². The largest absolute Gasteiger partial charge is 0.351 e. The van der Waals surface area contributed by atoms with E-state index < -0.39 is 17.8 Å². The van der Waals surface area contributed by atoms with Gasteiger partial charge in [-0.15, -0.1) is 0 Å². The van der Waals surface area contributed by atoms with Crippen LogP contribution in [0.2, 0.25) is 5.02 Å². The second-order valence-corrected chi connectivity index (χ2v) is 6.43. The number of hydrogen-bond donors (Lipinski definition) is 4. The fraction of sp³-hybridized carbons (Fsp3) is 0.263. The van der Waals surface area contributed by atoms with E-state index in [1.165, 1.54) is 37.6 Å². The van der Waals surface area contributed by atoms with Crippen molar-refractivity contribution in [2.45, 2.75) is 19.4 Å². The van der Waals surface area contributed by atoms with Gasteiger partial charge in [0.05, 0.1) is 41.3 Å². The van der Waals surface area contributed by atoms with E-state index in [1.54, 1.807) is 0 Å². The molecule has 0 aliphatic carbocycles. The van der Waals surface area contributed by atoms with Crippen LogP contribution in [0.25, 0.3) is 0 Å². The molecule has 0 spiro atoms. The number of aliphatic imine (C=N–C) groups is 1. The molecule has 1 amide bonds. The van der Waals surface area contributed by atoms with E-state index in [1.807, 2.05) is 6.92 Å². The molecule has 1 aromatic carbocycles. The third-order valence-corrected chi connectivity index (χ3v) is 4.09. The van der Waals surface area contributed by atoms with E-state index in [4.69, 9.17) is 17.3 Å². The van der Waals surface area contributed by atoms with Gasteiger partial charge in [-0.05, 0) is 19.1 Å². The number of pyridine rings is 1. The second-order valence-electron chi connectivity index (χ2n) is 6.02. The number of rotatable bonds is 9. The first-order valence-electron chi connectivity index (χ1n) is 8.95. The molecule has 0 fully saturated rings. The molecule has 2 rings (SSSR count). The Kier molecular flexibility index (Phi) is 8.66. The van der Waals surface area contributed by atoms with Crippen molar-refractivity contribution in [3.8, 4) is 0 Å². The van der Waals surface area contributed by atoms with Crippen LogP contribution in [0.5, 0.6) is 0 Å². The van der Waals surface area contributed by atoms with Crippen LogP contribution in [0.15, 0.2) is 35.5 Å². The summed E-state index contributed by atoms with van der Waals surface area (Å²) in [5.74, 6) is -0.495. The monoisotopic (exact) mass is 436 g/mol. The van der Waals surface area contributed by atoms with Crippen molar-refractivity contribution >= 4 is 46.8 Å². The maximum atomic E-state index is 14.4. The molecule has 160 valence electrons. The molecule has 0 aliphatic heterocycles.